The van der Waals surface area contributed by atoms with Crippen LogP contribution in [-0.4, -0.2) is 66.3 Å². The first-order valence-corrected chi connectivity index (χ1v) is 15.8. The SMILES string of the molecule is CN(C)CCN(C)C(=O)c1ccc2n1Cc1ccccc1N(C(=O)c1ccc(NC(=O)c3ccccc3-c3ccccc3)cc1Cl)C2. The Morgan fingerprint density at radius 3 is 2.26 bits per heavy atom. The zero-order valence-corrected chi connectivity index (χ0v) is 27.4. The number of nitrogens with one attached hydrogen (secondary N) is 1. The van der Waals surface area contributed by atoms with Crippen molar-refractivity contribution in [2.24, 2.45) is 0 Å². The zero-order chi connectivity index (χ0) is 33.1. The molecular weight excluding hydrogens is 610 g/mol. The molecule has 2 heterocycles. The summed E-state index contributed by atoms with van der Waals surface area (Å²) < 4.78 is 1.99. The van der Waals surface area contributed by atoms with Gasteiger partial charge in [-0.3, -0.25) is 14.4 Å². The van der Waals surface area contributed by atoms with Gasteiger partial charge in [0.1, 0.15) is 5.69 Å². The molecule has 47 heavy (non-hydrogen) atoms. The minimum Gasteiger partial charge on any atom is -0.339 e. The van der Waals surface area contributed by atoms with E-state index in [0.29, 0.717) is 35.6 Å². The molecule has 0 atom stereocenters. The highest BCUT2D eigenvalue weighted by molar-refractivity contribution is 6.35. The second kappa shape index (κ2) is 13.7. The summed E-state index contributed by atoms with van der Waals surface area (Å²) >= 11 is 6.74. The van der Waals surface area contributed by atoms with E-state index in [1.807, 2.05) is 116 Å². The van der Waals surface area contributed by atoms with Gasteiger partial charge in [-0.2, -0.15) is 0 Å². The van der Waals surface area contributed by atoms with Crippen LogP contribution in [0.1, 0.15) is 42.5 Å². The largest absolute Gasteiger partial charge is 0.339 e. The molecule has 9 heteroatoms. The van der Waals surface area contributed by atoms with Crippen LogP contribution in [-0.2, 0) is 13.1 Å². The molecule has 1 aromatic heterocycles. The van der Waals surface area contributed by atoms with Crippen molar-refractivity contribution in [3.05, 3.63) is 142 Å². The highest BCUT2D eigenvalue weighted by Gasteiger charge is 2.29. The summed E-state index contributed by atoms with van der Waals surface area (Å²) in [4.78, 5) is 46.5. The second-order valence-electron chi connectivity index (χ2n) is 11.9. The highest BCUT2D eigenvalue weighted by atomic mass is 35.5. The molecular formula is C38H36ClN5O3. The molecule has 5 aromatic rings. The molecule has 238 valence electrons. The van der Waals surface area contributed by atoms with Gasteiger partial charge in [0.05, 0.1) is 23.7 Å². The van der Waals surface area contributed by atoms with Crippen LogP contribution >= 0.6 is 11.6 Å². The van der Waals surface area contributed by atoms with E-state index in [-0.39, 0.29) is 29.3 Å². The first-order chi connectivity index (χ1) is 22.7. The predicted molar refractivity (Wildman–Crippen MR) is 187 cm³/mol. The predicted octanol–water partition coefficient (Wildman–Crippen LogP) is 6.90. The quantitative estimate of drug-likeness (QED) is 0.199. The van der Waals surface area contributed by atoms with E-state index >= 15 is 0 Å². The van der Waals surface area contributed by atoms with Gasteiger partial charge in [0.15, 0.2) is 0 Å². The third kappa shape index (κ3) is 6.70. The van der Waals surface area contributed by atoms with Gasteiger partial charge in [-0.25, -0.2) is 0 Å². The van der Waals surface area contributed by atoms with Crippen LogP contribution in [0.3, 0.4) is 0 Å². The van der Waals surface area contributed by atoms with Gasteiger partial charge in [-0.15, -0.1) is 0 Å². The molecule has 8 nitrogen and oxygen atoms in total. The van der Waals surface area contributed by atoms with E-state index in [1.54, 1.807) is 34.1 Å². The number of para-hydroxylation sites is 1. The number of nitrogens with zero attached hydrogens (tertiary/aromatic N) is 4. The van der Waals surface area contributed by atoms with Crippen molar-refractivity contribution >= 4 is 40.7 Å². The topological polar surface area (TPSA) is 77.9 Å². The van der Waals surface area contributed by atoms with Gasteiger partial charge < -0.3 is 24.6 Å². The second-order valence-corrected chi connectivity index (χ2v) is 12.3. The summed E-state index contributed by atoms with van der Waals surface area (Å²) in [5.41, 5.74) is 6.17. The fourth-order valence-electron chi connectivity index (χ4n) is 5.84. The monoisotopic (exact) mass is 645 g/mol. The molecule has 1 aliphatic heterocycles. The van der Waals surface area contributed by atoms with Crippen LogP contribution in [0.2, 0.25) is 5.02 Å². The van der Waals surface area contributed by atoms with E-state index < -0.39 is 0 Å². The van der Waals surface area contributed by atoms with Crippen molar-refractivity contribution in [3.8, 4) is 11.1 Å². The van der Waals surface area contributed by atoms with E-state index in [2.05, 4.69) is 5.32 Å². The number of anilines is 2. The highest BCUT2D eigenvalue weighted by Crippen LogP contribution is 2.33. The minimum absolute atomic E-state index is 0.0672. The molecule has 0 bridgehead atoms. The summed E-state index contributed by atoms with van der Waals surface area (Å²) in [6, 6.07) is 33.5. The molecule has 1 N–H and O–H groups in total. The van der Waals surface area contributed by atoms with Crippen molar-refractivity contribution in [3.63, 3.8) is 0 Å². The number of aromatic nitrogens is 1. The smallest absolute Gasteiger partial charge is 0.270 e. The third-order valence-corrected chi connectivity index (χ3v) is 8.72. The van der Waals surface area contributed by atoms with Crippen LogP contribution < -0.4 is 10.2 Å². The third-order valence-electron chi connectivity index (χ3n) is 8.41. The Morgan fingerprint density at radius 2 is 1.49 bits per heavy atom. The number of carbonyl (C=O) groups excluding carboxylic acids is 3. The Kier molecular flexibility index (Phi) is 9.24. The van der Waals surface area contributed by atoms with Gasteiger partial charge >= 0.3 is 0 Å². The summed E-state index contributed by atoms with van der Waals surface area (Å²) in [6.45, 7) is 2.07. The lowest BCUT2D eigenvalue weighted by Crippen LogP contribution is -2.34. The van der Waals surface area contributed by atoms with Crippen molar-refractivity contribution in [1.82, 2.24) is 14.4 Å². The minimum atomic E-state index is -0.278. The molecule has 0 spiro atoms. The molecule has 3 amide bonds. The van der Waals surface area contributed by atoms with E-state index in [9.17, 15) is 14.4 Å². The molecule has 1 aliphatic rings. The number of benzene rings is 4. The van der Waals surface area contributed by atoms with Crippen molar-refractivity contribution in [2.45, 2.75) is 13.1 Å². The standard InChI is InChI=1S/C38H36ClN5O3/c1-41(2)21-22-42(3)38(47)35-20-18-29-25-44(34-16-10-7-13-27(34)24-43(29)35)37(46)32-19-17-28(23-33(32)39)40-36(45)31-15-9-8-14-30(31)26-11-5-4-6-12-26/h4-20,23H,21-22,24-25H2,1-3H3,(H,40,45). The Hall–Kier alpha value is -5.18. The van der Waals surface area contributed by atoms with Crippen molar-refractivity contribution in [2.75, 3.05) is 44.4 Å². The van der Waals surface area contributed by atoms with Crippen LogP contribution in [0.5, 0.6) is 0 Å². The van der Waals surface area contributed by atoms with E-state index in [4.69, 9.17) is 11.6 Å². The maximum absolute atomic E-state index is 14.2. The Bertz CT molecular complexity index is 1950. The van der Waals surface area contributed by atoms with Gasteiger partial charge in [0.2, 0.25) is 0 Å². The lowest BCUT2D eigenvalue weighted by molar-refractivity contribution is 0.0775. The average molecular weight is 646 g/mol. The first-order valence-electron chi connectivity index (χ1n) is 15.4. The van der Waals surface area contributed by atoms with Crippen LogP contribution in [0.4, 0.5) is 11.4 Å². The van der Waals surface area contributed by atoms with Crippen LogP contribution in [0.25, 0.3) is 11.1 Å². The number of likely N-dealkylation sites (N-methyl/N-ethyl adjacent to an activating group) is 2. The molecule has 4 aromatic carbocycles. The Labute approximate surface area is 279 Å². The number of hydrogen-bond acceptors (Lipinski definition) is 4. The van der Waals surface area contributed by atoms with Gasteiger partial charge in [0.25, 0.3) is 17.7 Å². The number of rotatable bonds is 8. The molecule has 0 aliphatic carbocycles. The maximum Gasteiger partial charge on any atom is 0.270 e. The Balaban J connectivity index is 1.25. The number of amides is 3. The number of carbonyl (C=O) groups is 3. The summed E-state index contributed by atoms with van der Waals surface area (Å²) in [7, 11) is 5.76. The molecule has 6 rings (SSSR count). The van der Waals surface area contributed by atoms with E-state index in [1.165, 1.54) is 0 Å². The van der Waals surface area contributed by atoms with Gasteiger partial charge in [-0.05, 0) is 73.3 Å². The lowest BCUT2D eigenvalue weighted by Gasteiger charge is -2.23. The fourth-order valence-corrected chi connectivity index (χ4v) is 6.10. The molecule has 0 fully saturated rings. The lowest BCUT2D eigenvalue weighted by atomic mass is 9.99. The van der Waals surface area contributed by atoms with Crippen LogP contribution in [0, 0.1) is 0 Å². The summed E-state index contributed by atoms with van der Waals surface area (Å²) in [6.07, 6.45) is 0. The molecule has 0 saturated heterocycles. The van der Waals surface area contributed by atoms with Gasteiger partial charge in [0, 0.05) is 42.8 Å². The van der Waals surface area contributed by atoms with Gasteiger partial charge in [-0.1, -0.05) is 78.3 Å². The summed E-state index contributed by atoms with van der Waals surface area (Å²) in [5, 5.41) is 3.16. The van der Waals surface area contributed by atoms with E-state index in [0.717, 1.165) is 34.6 Å². The zero-order valence-electron chi connectivity index (χ0n) is 26.6. The van der Waals surface area contributed by atoms with Crippen molar-refractivity contribution in [1.29, 1.82) is 0 Å². The Morgan fingerprint density at radius 1 is 0.766 bits per heavy atom. The number of fused-ring (bicyclic) bond motifs is 2. The van der Waals surface area contributed by atoms with Crippen LogP contribution in [0.15, 0.2) is 109 Å². The molecule has 0 saturated carbocycles. The van der Waals surface area contributed by atoms with Crippen molar-refractivity contribution < 1.29 is 14.4 Å². The number of hydrogen-bond donors (Lipinski definition) is 1. The summed E-state index contributed by atoms with van der Waals surface area (Å²) in [5.74, 6) is -0.623. The normalized spacial score (nSPS) is 12.2. The molecule has 0 unspecified atom stereocenters. The molecule has 0 radical (unpaired) electrons. The average Bonchev–Trinajstić information content (AvgIpc) is 3.39. The number of halogens is 1. The maximum atomic E-state index is 14.2. The first kappa shape index (κ1) is 31.8. The fraction of sp³-hybridized carbons (Fsp3) is 0.184.